The lowest BCUT2D eigenvalue weighted by molar-refractivity contribution is -0.150. The molecular formula is C7H11F2NO4. The van der Waals surface area contributed by atoms with E-state index in [-0.39, 0.29) is 12.8 Å². The zero-order valence-corrected chi connectivity index (χ0v) is 7.37. The van der Waals surface area contributed by atoms with Crippen molar-refractivity contribution in [3.63, 3.8) is 0 Å². The number of hydrogen-bond donors (Lipinski definition) is 1. The van der Waals surface area contributed by atoms with Crippen molar-refractivity contribution in [1.29, 1.82) is 0 Å². The minimum absolute atomic E-state index is 0.0718. The Morgan fingerprint density at radius 1 is 1.21 bits per heavy atom. The van der Waals surface area contributed by atoms with E-state index < -0.39 is 31.7 Å². The van der Waals surface area contributed by atoms with Crippen molar-refractivity contribution in [3.8, 4) is 0 Å². The van der Waals surface area contributed by atoms with Crippen LogP contribution < -0.4 is 5.73 Å². The van der Waals surface area contributed by atoms with E-state index in [4.69, 9.17) is 5.73 Å². The monoisotopic (exact) mass is 211 g/mol. The first-order valence-corrected chi connectivity index (χ1v) is 3.81. The van der Waals surface area contributed by atoms with Crippen molar-refractivity contribution in [3.05, 3.63) is 0 Å². The molecule has 0 heterocycles. The molecule has 0 aliphatic rings. The first kappa shape index (κ1) is 12.8. The summed E-state index contributed by atoms with van der Waals surface area (Å²) in [6.45, 7) is -2.48. The second-order valence-electron chi connectivity index (χ2n) is 2.34. The van der Waals surface area contributed by atoms with Gasteiger partial charge in [-0.3, -0.25) is 9.59 Å². The highest BCUT2D eigenvalue weighted by Crippen LogP contribution is 1.99. The molecule has 5 nitrogen and oxygen atoms in total. The summed E-state index contributed by atoms with van der Waals surface area (Å²) in [6, 6.07) is -1.10. The molecule has 0 rings (SSSR count). The minimum Gasteiger partial charge on any atom is -0.434 e. The van der Waals surface area contributed by atoms with Crippen molar-refractivity contribution in [2.24, 2.45) is 5.73 Å². The molecule has 0 saturated carbocycles. The molecule has 0 unspecified atom stereocenters. The third-order valence-electron chi connectivity index (χ3n) is 1.37. The molecule has 0 aliphatic carbocycles. The molecule has 0 aromatic carbocycles. The maximum absolute atomic E-state index is 11.5. The summed E-state index contributed by atoms with van der Waals surface area (Å²) >= 11 is 0. The molecule has 0 aliphatic heterocycles. The van der Waals surface area contributed by atoms with Gasteiger partial charge in [0.05, 0.1) is 0 Å². The second-order valence-corrected chi connectivity index (χ2v) is 2.34. The number of carbonyl (C=O) groups excluding carboxylic acids is 2. The second kappa shape index (κ2) is 7.19. The summed E-state index contributed by atoms with van der Waals surface area (Å²) in [7, 11) is 0. The number of rotatable bonds is 6. The van der Waals surface area contributed by atoms with E-state index in [2.05, 4.69) is 9.47 Å². The molecule has 82 valence electrons. The van der Waals surface area contributed by atoms with Crippen LogP contribution in [0.4, 0.5) is 8.78 Å². The molecule has 0 radical (unpaired) electrons. The molecule has 0 spiro atoms. The average Bonchev–Trinajstić information content (AvgIpc) is 2.15. The molecule has 1 atom stereocenters. The van der Waals surface area contributed by atoms with E-state index in [1.807, 2.05) is 0 Å². The summed E-state index contributed by atoms with van der Waals surface area (Å²) in [5.74, 6) is -1.75. The molecule has 0 saturated heterocycles. The van der Waals surface area contributed by atoms with Gasteiger partial charge >= 0.3 is 11.9 Å². The average molecular weight is 211 g/mol. The highest BCUT2D eigenvalue weighted by Gasteiger charge is 2.16. The number of alkyl halides is 2. The molecule has 0 fully saturated rings. The molecule has 0 aromatic heterocycles. The summed E-state index contributed by atoms with van der Waals surface area (Å²) in [4.78, 5) is 21.3. The Morgan fingerprint density at radius 3 is 2.29 bits per heavy atom. The first-order valence-electron chi connectivity index (χ1n) is 3.81. The third kappa shape index (κ3) is 5.41. The zero-order chi connectivity index (χ0) is 11.0. The lowest BCUT2D eigenvalue weighted by atomic mass is 10.2. The van der Waals surface area contributed by atoms with Crippen LogP contribution in [0.1, 0.15) is 12.8 Å². The van der Waals surface area contributed by atoms with Crippen molar-refractivity contribution < 1.29 is 27.8 Å². The third-order valence-corrected chi connectivity index (χ3v) is 1.37. The van der Waals surface area contributed by atoms with Crippen LogP contribution in [0.5, 0.6) is 0 Å². The van der Waals surface area contributed by atoms with Crippen molar-refractivity contribution in [2.75, 3.05) is 13.7 Å². The van der Waals surface area contributed by atoms with Crippen LogP contribution in [0.3, 0.4) is 0 Å². The van der Waals surface area contributed by atoms with Gasteiger partial charge in [-0.1, -0.05) is 0 Å². The van der Waals surface area contributed by atoms with Gasteiger partial charge in [0.2, 0.25) is 13.7 Å². The SMILES string of the molecule is N[C@@H](CCC(=O)OCF)C(=O)OCF. The predicted molar refractivity (Wildman–Crippen MR) is 41.3 cm³/mol. The standard InChI is InChI=1S/C7H11F2NO4/c8-3-13-6(11)2-1-5(10)7(12)14-4-9/h5H,1-4,10H2/t5-/m0/s1. The lowest BCUT2D eigenvalue weighted by Crippen LogP contribution is -2.32. The van der Waals surface area contributed by atoms with E-state index in [0.29, 0.717) is 0 Å². The van der Waals surface area contributed by atoms with E-state index in [0.717, 1.165) is 0 Å². The fourth-order valence-corrected chi connectivity index (χ4v) is 0.685. The number of ether oxygens (including phenoxy) is 2. The van der Waals surface area contributed by atoms with Crippen LogP contribution >= 0.6 is 0 Å². The summed E-state index contributed by atoms with van der Waals surface area (Å²) < 4.78 is 30.8. The van der Waals surface area contributed by atoms with Crippen LogP contribution in [0.2, 0.25) is 0 Å². The normalized spacial score (nSPS) is 11.9. The summed E-state index contributed by atoms with van der Waals surface area (Å²) in [5, 5.41) is 0. The predicted octanol–water partition coefficient (Wildman–Crippen LogP) is 0.0343. The topological polar surface area (TPSA) is 78.6 Å². The van der Waals surface area contributed by atoms with Gasteiger partial charge in [0, 0.05) is 6.42 Å². The van der Waals surface area contributed by atoms with Gasteiger partial charge in [0.15, 0.2) is 0 Å². The first-order chi connectivity index (χ1) is 6.61. The fourth-order valence-electron chi connectivity index (χ4n) is 0.685. The van der Waals surface area contributed by atoms with Crippen LogP contribution in [-0.2, 0) is 19.1 Å². The fraction of sp³-hybridized carbons (Fsp3) is 0.714. The Hall–Kier alpha value is -1.24. The van der Waals surface area contributed by atoms with Gasteiger partial charge in [-0.05, 0) is 6.42 Å². The van der Waals surface area contributed by atoms with Crippen LogP contribution in [0.15, 0.2) is 0 Å². The summed E-state index contributed by atoms with van der Waals surface area (Å²) in [5.41, 5.74) is 5.21. The van der Waals surface area contributed by atoms with Gasteiger partial charge in [-0.2, -0.15) is 0 Å². The van der Waals surface area contributed by atoms with Crippen LogP contribution in [-0.4, -0.2) is 31.7 Å². The van der Waals surface area contributed by atoms with E-state index in [1.165, 1.54) is 0 Å². The molecule has 14 heavy (non-hydrogen) atoms. The van der Waals surface area contributed by atoms with Crippen LogP contribution in [0, 0.1) is 0 Å². The smallest absolute Gasteiger partial charge is 0.325 e. The highest BCUT2D eigenvalue weighted by molar-refractivity contribution is 5.76. The Labute approximate surface area is 79.1 Å². The molecule has 7 heteroatoms. The van der Waals surface area contributed by atoms with Crippen molar-refractivity contribution in [1.82, 2.24) is 0 Å². The quantitative estimate of drug-likeness (QED) is 0.627. The maximum Gasteiger partial charge on any atom is 0.325 e. The number of halogens is 2. The van der Waals surface area contributed by atoms with E-state index in [9.17, 15) is 18.4 Å². The molecule has 0 amide bonds. The number of hydrogen-bond acceptors (Lipinski definition) is 5. The maximum atomic E-state index is 11.5. The van der Waals surface area contributed by atoms with Crippen LogP contribution in [0.25, 0.3) is 0 Å². The number of esters is 2. The molecule has 2 N–H and O–H groups in total. The number of nitrogens with two attached hydrogens (primary N) is 1. The Bertz CT molecular complexity index is 200. The van der Waals surface area contributed by atoms with Crippen molar-refractivity contribution in [2.45, 2.75) is 18.9 Å². The minimum atomic E-state index is -1.26. The highest BCUT2D eigenvalue weighted by atomic mass is 19.1. The molecule has 0 bridgehead atoms. The van der Waals surface area contributed by atoms with Gasteiger partial charge in [0.1, 0.15) is 6.04 Å². The van der Waals surface area contributed by atoms with Gasteiger partial charge in [0.25, 0.3) is 0 Å². The largest absolute Gasteiger partial charge is 0.434 e. The van der Waals surface area contributed by atoms with E-state index >= 15 is 0 Å². The van der Waals surface area contributed by atoms with Gasteiger partial charge < -0.3 is 15.2 Å². The Balaban J connectivity index is 3.67. The number of carbonyl (C=O) groups is 2. The van der Waals surface area contributed by atoms with E-state index in [1.54, 1.807) is 0 Å². The Morgan fingerprint density at radius 2 is 1.79 bits per heavy atom. The van der Waals surface area contributed by atoms with Gasteiger partial charge in [-0.25, -0.2) is 8.78 Å². The molecule has 0 aromatic rings. The van der Waals surface area contributed by atoms with Crippen molar-refractivity contribution >= 4 is 11.9 Å². The summed E-state index contributed by atoms with van der Waals surface area (Å²) in [6.07, 6.45) is -0.288. The van der Waals surface area contributed by atoms with Gasteiger partial charge in [-0.15, -0.1) is 0 Å². The lowest BCUT2D eigenvalue weighted by Gasteiger charge is -2.08. The zero-order valence-electron chi connectivity index (χ0n) is 7.37. The molecular weight excluding hydrogens is 200 g/mol. The Kier molecular flexibility index (Phi) is 6.55.